The van der Waals surface area contributed by atoms with Gasteiger partial charge in [-0.1, -0.05) is 6.42 Å². The number of hydrogen-bond acceptors (Lipinski definition) is 5. The Labute approximate surface area is 119 Å². The molecule has 1 aromatic heterocycles. The van der Waals surface area contributed by atoms with Gasteiger partial charge in [-0.25, -0.2) is 0 Å². The van der Waals surface area contributed by atoms with E-state index in [2.05, 4.69) is 9.27 Å². The molecule has 1 aromatic rings. The van der Waals surface area contributed by atoms with Crippen LogP contribution in [-0.2, 0) is 0 Å². The summed E-state index contributed by atoms with van der Waals surface area (Å²) in [6, 6.07) is 0.683. The summed E-state index contributed by atoms with van der Waals surface area (Å²) in [5.74, 6) is 2.23. The summed E-state index contributed by atoms with van der Waals surface area (Å²) in [5.41, 5.74) is 5.98. The second-order valence-corrected chi connectivity index (χ2v) is 6.71. The van der Waals surface area contributed by atoms with Gasteiger partial charge in [-0.3, -0.25) is 0 Å². The zero-order valence-electron chi connectivity index (χ0n) is 11.8. The van der Waals surface area contributed by atoms with Gasteiger partial charge >= 0.3 is 0 Å². The zero-order chi connectivity index (χ0) is 13.4. The fourth-order valence-electron chi connectivity index (χ4n) is 3.52. The van der Waals surface area contributed by atoms with E-state index in [0.29, 0.717) is 11.9 Å². The molecule has 19 heavy (non-hydrogen) atoms. The van der Waals surface area contributed by atoms with Crippen molar-refractivity contribution in [3.05, 3.63) is 0 Å². The molecule has 106 valence electrons. The maximum Gasteiger partial charge on any atom is 0.198 e. The van der Waals surface area contributed by atoms with Gasteiger partial charge in [-0.05, 0) is 57.0 Å². The number of rotatable bonds is 3. The Morgan fingerprint density at radius 2 is 2.11 bits per heavy atom. The molecule has 5 heteroatoms. The molecule has 2 unspecified atom stereocenters. The molecule has 4 nitrogen and oxygen atoms in total. The molecular weight excluding hydrogens is 258 g/mol. The van der Waals surface area contributed by atoms with Crippen molar-refractivity contribution in [1.29, 1.82) is 0 Å². The summed E-state index contributed by atoms with van der Waals surface area (Å²) < 4.78 is 10.2. The van der Waals surface area contributed by atoms with Gasteiger partial charge in [-0.2, -0.15) is 4.37 Å². The van der Waals surface area contributed by atoms with E-state index in [0.717, 1.165) is 23.2 Å². The number of nitrogens with zero attached hydrogens (tertiary/aromatic N) is 2. The van der Waals surface area contributed by atoms with Crippen molar-refractivity contribution in [3.8, 4) is 5.75 Å². The Hall–Kier alpha value is -0.970. The number of anilines is 2. The number of ether oxygens (including phenoxy) is 1. The fraction of sp³-hybridized carbons (Fsp3) is 0.786. The van der Waals surface area contributed by atoms with Crippen LogP contribution >= 0.6 is 11.5 Å². The van der Waals surface area contributed by atoms with Crippen molar-refractivity contribution in [2.24, 2.45) is 5.92 Å². The molecule has 1 aliphatic heterocycles. The normalized spacial score (nSPS) is 26.8. The first kappa shape index (κ1) is 13.0. The smallest absolute Gasteiger partial charge is 0.198 e. The summed E-state index contributed by atoms with van der Waals surface area (Å²) in [5, 5.41) is 1.16. The number of fused-ring (bicyclic) bond motifs is 1. The van der Waals surface area contributed by atoms with Crippen LogP contribution < -0.4 is 15.4 Å². The van der Waals surface area contributed by atoms with Crippen molar-refractivity contribution in [3.63, 3.8) is 0 Å². The third kappa shape index (κ3) is 2.40. The predicted molar refractivity (Wildman–Crippen MR) is 80.0 cm³/mol. The van der Waals surface area contributed by atoms with E-state index in [-0.39, 0.29) is 6.10 Å². The van der Waals surface area contributed by atoms with Gasteiger partial charge in [0.05, 0.1) is 6.10 Å². The van der Waals surface area contributed by atoms with Crippen LogP contribution in [0, 0.1) is 5.92 Å². The van der Waals surface area contributed by atoms with E-state index in [4.69, 9.17) is 10.5 Å². The standard InChI is InChI=1S/C14H23N3OS/c1-9(2)18-12-13(15)16-19-14(12)17-8-4-6-10-5-3-7-11(10)17/h9-11H,3-8H2,1-2H3,(H2,15,16). The molecule has 3 rings (SSSR count). The first-order valence-electron chi connectivity index (χ1n) is 7.35. The average Bonchev–Trinajstić information content (AvgIpc) is 2.97. The molecule has 1 saturated carbocycles. The fourth-order valence-corrected chi connectivity index (χ4v) is 4.36. The van der Waals surface area contributed by atoms with Crippen LogP contribution in [0.4, 0.5) is 10.8 Å². The van der Waals surface area contributed by atoms with E-state index in [1.807, 2.05) is 13.8 Å². The van der Waals surface area contributed by atoms with Crippen molar-refractivity contribution in [2.75, 3.05) is 17.2 Å². The average molecular weight is 281 g/mol. The van der Waals surface area contributed by atoms with E-state index in [1.54, 1.807) is 0 Å². The molecule has 2 heterocycles. The number of piperidine rings is 1. The lowest BCUT2D eigenvalue weighted by Gasteiger charge is -2.38. The van der Waals surface area contributed by atoms with Crippen LogP contribution in [0.2, 0.25) is 0 Å². The van der Waals surface area contributed by atoms with E-state index in [1.165, 1.54) is 43.6 Å². The van der Waals surface area contributed by atoms with E-state index < -0.39 is 0 Å². The minimum Gasteiger partial charge on any atom is -0.484 e. The largest absolute Gasteiger partial charge is 0.484 e. The molecular formula is C14H23N3OS. The van der Waals surface area contributed by atoms with Crippen LogP contribution in [-0.4, -0.2) is 23.1 Å². The lowest BCUT2D eigenvalue weighted by molar-refractivity contribution is 0.243. The minimum atomic E-state index is 0.140. The first-order valence-corrected chi connectivity index (χ1v) is 8.12. The maximum absolute atomic E-state index is 5.98. The molecule has 0 amide bonds. The summed E-state index contributed by atoms with van der Waals surface area (Å²) >= 11 is 1.50. The molecule has 0 bridgehead atoms. The summed E-state index contributed by atoms with van der Waals surface area (Å²) in [6.07, 6.45) is 6.86. The number of hydrogen-bond donors (Lipinski definition) is 1. The quantitative estimate of drug-likeness (QED) is 0.923. The third-order valence-corrected chi connectivity index (χ3v) is 5.15. The Morgan fingerprint density at radius 3 is 2.89 bits per heavy atom. The monoisotopic (exact) mass is 281 g/mol. The minimum absolute atomic E-state index is 0.140. The second-order valence-electron chi connectivity index (χ2n) is 5.96. The number of nitrogen functional groups attached to an aromatic ring is 1. The van der Waals surface area contributed by atoms with Crippen LogP contribution in [0.15, 0.2) is 0 Å². The molecule has 0 spiro atoms. The third-order valence-electron chi connectivity index (χ3n) is 4.26. The summed E-state index contributed by atoms with van der Waals surface area (Å²) in [6.45, 7) is 5.20. The summed E-state index contributed by atoms with van der Waals surface area (Å²) in [7, 11) is 0. The van der Waals surface area contributed by atoms with Crippen LogP contribution in [0.5, 0.6) is 5.75 Å². The highest BCUT2D eigenvalue weighted by molar-refractivity contribution is 7.11. The van der Waals surface area contributed by atoms with Crippen molar-refractivity contribution < 1.29 is 4.74 Å². The van der Waals surface area contributed by atoms with Crippen LogP contribution in [0.3, 0.4) is 0 Å². The van der Waals surface area contributed by atoms with E-state index in [9.17, 15) is 0 Å². The molecule has 1 aliphatic carbocycles. The van der Waals surface area contributed by atoms with Gasteiger partial charge < -0.3 is 15.4 Å². The van der Waals surface area contributed by atoms with Gasteiger partial charge in [0.25, 0.3) is 0 Å². The van der Waals surface area contributed by atoms with Gasteiger partial charge in [0.1, 0.15) is 0 Å². The first-order chi connectivity index (χ1) is 9.16. The second kappa shape index (κ2) is 5.19. The number of nitrogens with two attached hydrogens (primary N) is 1. The Morgan fingerprint density at radius 1 is 1.32 bits per heavy atom. The van der Waals surface area contributed by atoms with Gasteiger partial charge in [0.15, 0.2) is 16.6 Å². The van der Waals surface area contributed by atoms with Crippen molar-refractivity contribution in [2.45, 2.75) is 58.1 Å². The predicted octanol–water partition coefficient (Wildman–Crippen LogP) is 3.28. The Balaban J connectivity index is 1.88. The SMILES string of the molecule is CC(C)Oc1c(N)nsc1N1CCCC2CCCC21. The molecule has 2 N–H and O–H groups in total. The van der Waals surface area contributed by atoms with Gasteiger partial charge in [0, 0.05) is 12.6 Å². The highest BCUT2D eigenvalue weighted by Gasteiger charge is 2.37. The highest BCUT2D eigenvalue weighted by atomic mass is 32.1. The molecule has 2 fully saturated rings. The van der Waals surface area contributed by atoms with Gasteiger partial charge in [0.2, 0.25) is 0 Å². The van der Waals surface area contributed by atoms with Crippen LogP contribution in [0.25, 0.3) is 0 Å². The topological polar surface area (TPSA) is 51.4 Å². The van der Waals surface area contributed by atoms with Crippen molar-refractivity contribution in [1.82, 2.24) is 4.37 Å². The Bertz CT molecular complexity index is 446. The highest BCUT2D eigenvalue weighted by Crippen LogP contribution is 2.46. The van der Waals surface area contributed by atoms with Crippen molar-refractivity contribution >= 4 is 22.4 Å². The van der Waals surface area contributed by atoms with Crippen LogP contribution in [0.1, 0.15) is 46.0 Å². The van der Waals surface area contributed by atoms with E-state index >= 15 is 0 Å². The number of aromatic nitrogens is 1. The summed E-state index contributed by atoms with van der Waals surface area (Å²) in [4.78, 5) is 2.52. The molecule has 1 saturated heterocycles. The zero-order valence-corrected chi connectivity index (χ0v) is 12.6. The molecule has 0 radical (unpaired) electrons. The lowest BCUT2D eigenvalue weighted by Crippen LogP contribution is -2.42. The molecule has 2 atom stereocenters. The molecule has 0 aromatic carbocycles. The Kier molecular flexibility index (Phi) is 3.56. The van der Waals surface area contributed by atoms with Gasteiger partial charge in [-0.15, -0.1) is 0 Å². The molecule has 2 aliphatic rings. The lowest BCUT2D eigenvalue weighted by atomic mass is 9.92. The maximum atomic E-state index is 5.98.